The normalized spacial score (nSPS) is 25.1. The van der Waals surface area contributed by atoms with Crippen molar-refractivity contribution in [1.29, 1.82) is 0 Å². The summed E-state index contributed by atoms with van der Waals surface area (Å²) in [4.78, 5) is 24.4. The quantitative estimate of drug-likeness (QED) is 0.928. The van der Waals surface area contributed by atoms with Crippen LogP contribution in [0.3, 0.4) is 0 Å². The summed E-state index contributed by atoms with van der Waals surface area (Å²) in [6.07, 6.45) is 5.88. The highest BCUT2D eigenvalue weighted by Gasteiger charge is 2.44. The number of nitrogens with one attached hydrogen (secondary N) is 1. The molecule has 0 radical (unpaired) electrons. The molecule has 0 aromatic carbocycles. The number of piperidine rings is 1. The van der Waals surface area contributed by atoms with Crippen LogP contribution in [0, 0.1) is 0 Å². The molecule has 1 unspecified atom stereocenters. The smallest absolute Gasteiger partial charge is 0.273 e. The SMILES string of the molecule is CC(C)N1CCCC2(CC(C(=O)Nc3cccnc3)=NO2)C1. The fourth-order valence-electron chi connectivity index (χ4n) is 3.08. The molecule has 1 aromatic rings. The summed E-state index contributed by atoms with van der Waals surface area (Å²) in [7, 11) is 0. The minimum atomic E-state index is -0.329. The third-order valence-corrected chi connectivity index (χ3v) is 4.32. The molecule has 1 atom stereocenters. The number of hydrogen-bond donors (Lipinski definition) is 1. The van der Waals surface area contributed by atoms with Crippen molar-refractivity contribution in [1.82, 2.24) is 9.88 Å². The van der Waals surface area contributed by atoms with Gasteiger partial charge in [0.1, 0.15) is 5.71 Å². The summed E-state index contributed by atoms with van der Waals surface area (Å²) in [5.74, 6) is -0.202. The topological polar surface area (TPSA) is 66.8 Å². The molecule has 6 nitrogen and oxygen atoms in total. The molecule has 2 aliphatic rings. The number of carbonyl (C=O) groups excluding carboxylic acids is 1. The molecule has 2 aliphatic heterocycles. The second-order valence-electron chi connectivity index (χ2n) is 6.35. The zero-order chi connectivity index (χ0) is 15.6. The van der Waals surface area contributed by atoms with Gasteiger partial charge in [-0.3, -0.25) is 14.7 Å². The first-order valence-electron chi connectivity index (χ1n) is 7.78. The van der Waals surface area contributed by atoms with E-state index in [1.54, 1.807) is 24.5 Å². The standard InChI is InChI=1S/C16H22N4O2/c1-12(2)20-8-4-6-16(11-20)9-14(19-22-16)15(21)18-13-5-3-7-17-10-13/h3,5,7,10,12H,4,6,8-9,11H2,1-2H3,(H,18,21). The van der Waals surface area contributed by atoms with Crippen molar-refractivity contribution >= 4 is 17.3 Å². The maximum Gasteiger partial charge on any atom is 0.273 e. The summed E-state index contributed by atoms with van der Waals surface area (Å²) in [6, 6.07) is 4.07. The molecule has 0 bridgehead atoms. The van der Waals surface area contributed by atoms with E-state index in [-0.39, 0.29) is 11.5 Å². The average molecular weight is 302 g/mol. The Kier molecular flexibility index (Phi) is 4.11. The second kappa shape index (κ2) is 6.04. The van der Waals surface area contributed by atoms with Crippen molar-refractivity contribution in [3.05, 3.63) is 24.5 Å². The predicted molar refractivity (Wildman–Crippen MR) is 84.7 cm³/mol. The Morgan fingerprint density at radius 2 is 2.36 bits per heavy atom. The minimum Gasteiger partial charge on any atom is -0.387 e. The number of aromatic nitrogens is 1. The number of amides is 1. The van der Waals surface area contributed by atoms with E-state index in [1.165, 1.54) is 0 Å². The molecule has 1 aromatic heterocycles. The van der Waals surface area contributed by atoms with Crippen molar-refractivity contribution in [2.24, 2.45) is 5.16 Å². The molecule has 1 amide bonds. The van der Waals surface area contributed by atoms with Crippen LogP contribution >= 0.6 is 0 Å². The molecule has 0 aliphatic carbocycles. The van der Waals surface area contributed by atoms with Crippen LogP contribution in [-0.2, 0) is 9.63 Å². The van der Waals surface area contributed by atoms with E-state index in [9.17, 15) is 4.79 Å². The number of pyridine rings is 1. The Morgan fingerprint density at radius 3 is 3.09 bits per heavy atom. The van der Waals surface area contributed by atoms with Gasteiger partial charge >= 0.3 is 0 Å². The van der Waals surface area contributed by atoms with Gasteiger partial charge in [-0.1, -0.05) is 5.16 Å². The first-order chi connectivity index (χ1) is 10.6. The van der Waals surface area contributed by atoms with Crippen LogP contribution < -0.4 is 5.32 Å². The summed E-state index contributed by atoms with van der Waals surface area (Å²) in [6.45, 7) is 6.29. The van der Waals surface area contributed by atoms with Crippen LogP contribution in [0.15, 0.2) is 29.7 Å². The number of hydrogen-bond acceptors (Lipinski definition) is 5. The predicted octanol–water partition coefficient (Wildman–Crippen LogP) is 2.04. The number of carbonyl (C=O) groups is 1. The lowest BCUT2D eigenvalue weighted by atomic mass is 9.87. The van der Waals surface area contributed by atoms with Gasteiger partial charge in [-0.2, -0.15) is 0 Å². The highest BCUT2D eigenvalue weighted by Crippen LogP contribution is 2.34. The molecular formula is C16H22N4O2. The van der Waals surface area contributed by atoms with Crippen molar-refractivity contribution < 1.29 is 9.63 Å². The van der Waals surface area contributed by atoms with E-state index >= 15 is 0 Å². The largest absolute Gasteiger partial charge is 0.387 e. The zero-order valence-corrected chi connectivity index (χ0v) is 13.1. The molecule has 1 fully saturated rings. The summed E-state index contributed by atoms with van der Waals surface area (Å²) < 4.78 is 0. The van der Waals surface area contributed by atoms with Crippen molar-refractivity contribution in [2.45, 2.75) is 44.8 Å². The lowest BCUT2D eigenvalue weighted by Crippen LogP contribution is -2.50. The highest BCUT2D eigenvalue weighted by atomic mass is 16.7. The molecule has 118 valence electrons. The number of anilines is 1. The Bertz CT molecular complexity index is 573. The van der Waals surface area contributed by atoms with Crippen molar-refractivity contribution in [2.75, 3.05) is 18.4 Å². The molecule has 1 spiro atoms. The fraction of sp³-hybridized carbons (Fsp3) is 0.562. The van der Waals surface area contributed by atoms with Gasteiger partial charge in [0.15, 0.2) is 5.60 Å². The van der Waals surface area contributed by atoms with Crippen LogP contribution in [-0.4, -0.2) is 46.2 Å². The summed E-state index contributed by atoms with van der Waals surface area (Å²) in [5.41, 5.74) is 0.808. The molecule has 3 heterocycles. The Morgan fingerprint density at radius 1 is 1.50 bits per heavy atom. The molecule has 0 saturated carbocycles. The number of nitrogens with zero attached hydrogens (tertiary/aromatic N) is 3. The molecule has 3 rings (SSSR count). The van der Waals surface area contributed by atoms with Crippen LogP contribution in [0.4, 0.5) is 5.69 Å². The number of likely N-dealkylation sites (tertiary alicyclic amines) is 1. The van der Waals surface area contributed by atoms with Crippen LogP contribution in [0.1, 0.15) is 33.1 Å². The van der Waals surface area contributed by atoms with E-state index in [2.05, 4.69) is 34.2 Å². The van der Waals surface area contributed by atoms with Gasteiger partial charge in [0.2, 0.25) is 0 Å². The maximum atomic E-state index is 12.3. The third-order valence-electron chi connectivity index (χ3n) is 4.32. The summed E-state index contributed by atoms with van der Waals surface area (Å²) >= 11 is 0. The first kappa shape index (κ1) is 15.0. The van der Waals surface area contributed by atoms with Crippen LogP contribution in [0.5, 0.6) is 0 Å². The van der Waals surface area contributed by atoms with Gasteiger partial charge < -0.3 is 10.2 Å². The number of rotatable bonds is 3. The average Bonchev–Trinajstić information content (AvgIpc) is 2.92. The lowest BCUT2D eigenvalue weighted by molar-refractivity contribution is -0.110. The third kappa shape index (κ3) is 3.11. The Labute approximate surface area is 130 Å². The van der Waals surface area contributed by atoms with Gasteiger partial charge in [0.05, 0.1) is 11.9 Å². The zero-order valence-electron chi connectivity index (χ0n) is 13.1. The van der Waals surface area contributed by atoms with E-state index in [0.717, 1.165) is 25.9 Å². The van der Waals surface area contributed by atoms with E-state index in [0.29, 0.717) is 23.9 Å². The molecular weight excluding hydrogens is 280 g/mol. The van der Waals surface area contributed by atoms with Gasteiger partial charge in [0, 0.05) is 25.2 Å². The fourth-order valence-corrected chi connectivity index (χ4v) is 3.08. The number of oxime groups is 1. The summed E-state index contributed by atoms with van der Waals surface area (Å²) in [5, 5.41) is 6.87. The lowest BCUT2D eigenvalue weighted by Gasteiger charge is -2.40. The van der Waals surface area contributed by atoms with E-state index in [4.69, 9.17) is 4.84 Å². The molecule has 22 heavy (non-hydrogen) atoms. The van der Waals surface area contributed by atoms with Crippen molar-refractivity contribution in [3.8, 4) is 0 Å². The van der Waals surface area contributed by atoms with Crippen LogP contribution in [0.25, 0.3) is 0 Å². The van der Waals surface area contributed by atoms with E-state index in [1.807, 2.05) is 0 Å². The Balaban J connectivity index is 1.62. The maximum absolute atomic E-state index is 12.3. The van der Waals surface area contributed by atoms with Crippen molar-refractivity contribution in [3.63, 3.8) is 0 Å². The van der Waals surface area contributed by atoms with E-state index < -0.39 is 0 Å². The molecule has 1 saturated heterocycles. The van der Waals surface area contributed by atoms with Gasteiger partial charge in [-0.15, -0.1) is 0 Å². The molecule has 6 heteroatoms. The molecule has 1 N–H and O–H groups in total. The van der Waals surface area contributed by atoms with Gasteiger partial charge in [-0.05, 0) is 45.4 Å². The highest BCUT2D eigenvalue weighted by molar-refractivity contribution is 6.43. The minimum absolute atomic E-state index is 0.202. The van der Waals surface area contributed by atoms with Crippen LogP contribution in [0.2, 0.25) is 0 Å². The second-order valence-corrected chi connectivity index (χ2v) is 6.35. The van der Waals surface area contributed by atoms with Gasteiger partial charge in [0.25, 0.3) is 5.91 Å². The monoisotopic (exact) mass is 302 g/mol. The van der Waals surface area contributed by atoms with Gasteiger partial charge in [-0.25, -0.2) is 0 Å². The Hall–Kier alpha value is -1.95. The first-order valence-corrected chi connectivity index (χ1v) is 7.78.